The summed E-state index contributed by atoms with van der Waals surface area (Å²) in [4.78, 5) is 28.9. The van der Waals surface area contributed by atoms with Gasteiger partial charge in [0.25, 0.3) is 0 Å². The first-order valence-electron chi connectivity index (χ1n) is 8.77. The Morgan fingerprint density at radius 3 is 2.64 bits per heavy atom. The summed E-state index contributed by atoms with van der Waals surface area (Å²) in [6.07, 6.45) is 2.83. The van der Waals surface area contributed by atoms with Crippen molar-refractivity contribution in [1.29, 1.82) is 0 Å². The number of carbonyl (C=O) groups excluding carboxylic acids is 2. The van der Waals surface area contributed by atoms with Crippen LogP contribution < -0.4 is 9.47 Å². The minimum atomic E-state index is -0.359. The van der Waals surface area contributed by atoms with E-state index in [0.29, 0.717) is 31.0 Å². The number of rotatable bonds is 7. The van der Waals surface area contributed by atoms with E-state index in [1.165, 1.54) is 0 Å². The maximum atomic E-state index is 12.9. The van der Waals surface area contributed by atoms with E-state index in [1.54, 1.807) is 43.2 Å². The average Bonchev–Trinajstić information content (AvgIpc) is 2.62. The third-order valence-corrected chi connectivity index (χ3v) is 4.69. The van der Waals surface area contributed by atoms with Crippen LogP contribution in [-0.2, 0) is 16.0 Å². The molecule has 25 heavy (non-hydrogen) atoms. The van der Waals surface area contributed by atoms with Crippen molar-refractivity contribution in [3.05, 3.63) is 23.8 Å². The average molecular weight is 348 g/mol. The molecule has 2 rings (SSSR count). The van der Waals surface area contributed by atoms with Crippen molar-refractivity contribution >= 4 is 11.8 Å². The Kier molecular flexibility index (Phi) is 6.67. The first-order valence-corrected chi connectivity index (χ1v) is 8.77. The van der Waals surface area contributed by atoms with Gasteiger partial charge in [-0.2, -0.15) is 0 Å². The number of likely N-dealkylation sites (N-methyl/N-ethyl adjacent to an activating group) is 1. The van der Waals surface area contributed by atoms with Crippen LogP contribution in [0.4, 0.5) is 0 Å². The Morgan fingerprint density at radius 2 is 2.00 bits per heavy atom. The van der Waals surface area contributed by atoms with Gasteiger partial charge in [0.1, 0.15) is 17.5 Å². The van der Waals surface area contributed by atoms with E-state index in [9.17, 15) is 9.59 Å². The van der Waals surface area contributed by atoms with E-state index < -0.39 is 0 Å². The van der Waals surface area contributed by atoms with Crippen molar-refractivity contribution in [3.8, 4) is 11.5 Å². The van der Waals surface area contributed by atoms with Crippen LogP contribution in [0.3, 0.4) is 0 Å². The van der Waals surface area contributed by atoms with Crippen molar-refractivity contribution in [3.63, 3.8) is 0 Å². The van der Waals surface area contributed by atoms with Crippen LogP contribution in [-0.4, -0.2) is 62.0 Å². The number of nitrogens with zero attached hydrogens (tertiary/aromatic N) is 2. The largest absolute Gasteiger partial charge is 0.497 e. The lowest BCUT2D eigenvalue weighted by atomic mass is 10.0. The molecule has 1 heterocycles. The van der Waals surface area contributed by atoms with Crippen LogP contribution in [0.5, 0.6) is 11.5 Å². The second-order valence-electron chi connectivity index (χ2n) is 6.36. The smallest absolute Gasteiger partial charge is 0.245 e. The van der Waals surface area contributed by atoms with E-state index in [1.807, 2.05) is 6.07 Å². The number of unbranched alkanes of at least 4 members (excludes halogenated alkanes) is 1. The monoisotopic (exact) mass is 348 g/mol. The summed E-state index contributed by atoms with van der Waals surface area (Å²) in [6.45, 7) is 3.23. The minimum Gasteiger partial charge on any atom is -0.497 e. The number of methoxy groups -OCH3 is 2. The molecule has 1 atom stereocenters. The van der Waals surface area contributed by atoms with Crippen molar-refractivity contribution in [2.45, 2.75) is 38.6 Å². The predicted octanol–water partition coefficient (Wildman–Crippen LogP) is 2.11. The number of piperazine rings is 1. The van der Waals surface area contributed by atoms with E-state index >= 15 is 0 Å². The van der Waals surface area contributed by atoms with Gasteiger partial charge < -0.3 is 19.3 Å². The van der Waals surface area contributed by atoms with Gasteiger partial charge in [0.2, 0.25) is 11.8 Å². The predicted molar refractivity (Wildman–Crippen MR) is 95.9 cm³/mol. The second-order valence-corrected chi connectivity index (χ2v) is 6.36. The first-order chi connectivity index (χ1) is 12.0. The Balaban J connectivity index is 2.19. The fraction of sp³-hybridized carbons (Fsp3) is 0.579. The molecular formula is C19H28N2O4. The van der Waals surface area contributed by atoms with Gasteiger partial charge in [0.15, 0.2) is 0 Å². The van der Waals surface area contributed by atoms with Crippen LogP contribution in [0, 0.1) is 0 Å². The zero-order valence-corrected chi connectivity index (χ0v) is 15.6. The minimum absolute atomic E-state index is 0.0330. The van der Waals surface area contributed by atoms with Gasteiger partial charge in [0.05, 0.1) is 20.6 Å². The third-order valence-electron chi connectivity index (χ3n) is 4.69. The molecule has 1 aliphatic heterocycles. The summed E-state index contributed by atoms with van der Waals surface area (Å²) in [5, 5.41) is 0. The van der Waals surface area contributed by atoms with Gasteiger partial charge in [-0.05, 0) is 24.6 Å². The number of carbonyl (C=O) groups is 2. The van der Waals surface area contributed by atoms with Crippen molar-refractivity contribution in [2.24, 2.45) is 0 Å². The zero-order valence-electron chi connectivity index (χ0n) is 15.6. The van der Waals surface area contributed by atoms with E-state index in [0.717, 1.165) is 18.4 Å². The normalized spacial score (nSPS) is 17.6. The number of benzene rings is 1. The lowest BCUT2D eigenvalue weighted by molar-refractivity contribution is -0.150. The molecule has 1 unspecified atom stereocenters. The fourth-order valence-electron chi connectivity index (χ4n) is 3.17. The van der Waals surface area contributed by atoms with Gasteiger partial charge in [-0.25, -0.2) is 0 Å². The number of hydrogen-bond donors (Lipinski definition) is 0. The highest BCUT2D eigenvalue weighted by atomic mass is 16.5. The Hall–Kier alpha value is -2.24. The quantitative estimate of drug-likeness (QED) is 0.757. The molecule has 1 aromatic carbocycles. The van der Waals surface area contributed by atoms with Crippen LogP contribution in [0.15, 0.2) is 18.2 Å². The van der Waals surface area contributed by atoms with Gasteiger partial charge >= 0.3 is 0 Å². The maximum Gasteiger partial charge on any atom is 0.245 e. The van der Waals surface area contributed by atoms with Crippen molar-refractivity contribution in [1.82, 2.24) is 9.80 Å². The fourth-order valence-corrected chi connectivity index (χ4v) is 3.17. The van der Waals surface area contributed by atoms with E-state index in [2.05, 4.69) is 6.92 Å². The summed E-state index contributed by atoms with van der Waals surface area (Å²) >= 11 is 0. The number of amides is 2. The van der Waals surface area contributed by atoms with Crippen molar-refractivity contribution < 1.29 is 19.1 Å². The van der Waals surface area contributed by atoms with Gasteiger partial charge in [-0.15, -0.1) is 0 Å². The number of ether oxygens (including phenoxy) is 2. The molecule has 0 saturated carbocycles. The van der Waals surface area contributed by atoms with Crippen LogP contribution in [0.25, 0.3) is 0 Å². The summed E-state index contributed by atoms with van der Waals surface area (Å²) < 4.78 is 10.6. The lowest BCUT2D eigenvalue weighted by Crippen LogP contribution is -2.57. The molecule has 0 N–H and O–H groups in total. The molecule has 6 nitrogen and oxygen atoms in total. The second kappa shape index (κ2) is 8.74. The lowest BCUT2D eigenvalue weighted by Gasteiger charge is -2.39. The molecule has 0 bridgehead atoms. The molecule has 0 spiro atoms. The maximum absolute atomic E-state index is 12.9. The zero-order chi connectivity index (χ0) is 18.4. The first kappa shape index (κ1) is 19.1. The van der Waals surface area contributed by atoms with Gasteiger partial charge in [0, 0.05) is 25.7 Å². The number of hydrogen-bond acceptors (Lipinski definition) is 4. The molecular weight excluding hydrogens is 320 g/mol. The highest BCUT2D eigenvalue weighted by molar-refractivity contribution is 5.89. The van der Waals surface area contributed by atoms with Gasteiger partial charge in [-0.3, -0.25) is 9.59 Å². The molecule has 1 saturated heterocycles. The standard InChI is InChI=1S/C19H28N2O4/c1-5-6-7-16-19(23)20(2)10-11-21(16)18(22)13-14-12-15(24-3)8-9-17(14)25-4/h8-9,12,16H,5-7,10-11,13H2,1-4H3. The summed E-state index contributed by atoms with van der Waals surface area (Å²) in [6, 6.07) is 5.06. The van der Waals surface area contributed by atoms with Crippen LogP contribution in [0.1, 0.15) is 31.7 Å². The van der Waals surface area contributed by atoms with Crippen molar-refractivity contribution in [2.75, 3.05) is 34.4 Å². The molecule has 0 radical (unpaired) electrons. The molecule has 6 heteroatoms. The summed E-state index contributed by atoms with van der Waals surface area (Å²) in [5.74, 6) is 1.32. The summed E-state index contributed by atoms with van der Waals surface area (Å²) in [7, 11) is 4.97. The molecule has 2 amide bonds. The Labute approximate surface area is 149 Å². The molecule has 138 valence electrons. The van der Waals surface area contributed by atoms with Crippen LogP contribution >= 0.6 is 0 Å². The highest BCUT2D eigenvalue weighted by Crippen LogP contribution is 2.26. The van der Waals surface area contributed by atoms with E-state index in [4.69, 9.17) is 9.47 Å². The van der Waals surface area contributed by atoms with Crippen LogP contribution in [0.2, 0.25) is 0 Å². The molecule has 0 aliphatic carbocycles. The van der Waals surface area contributed by atoms with Gasteiger partial charge in [-0.1, -0.05) is 19.8 Å². The Bertz CT molecular complexity index is 617. The molecule has 1 aromatic rings. The summed E-state index contributed by atoms with van der Waals surface area (Å²) in [5.41, 5.74) is 0.771. The molecule has 1 aliphatic rings. The topological polar surface area (TPSA) is 59.1 Å². The molecule has 1 fully saturated rings. The SMILES string of the molecule is CCCCC1C(=O)N(C)CCN1C(=O)Cc1cc(OC)ccc1OC. The third kappa shape index (κ3) is 4.44. The van der Waals surface area contributed by atoms with E-state index in [-0.39, 0.29) is 24.3 Å². The molecule has 0 aromatic heterocycles. The highest BCUT2D eigenvalue weighted by Gasteiger charge is 2.35. The Morgan fingerprint density at radius 1 is 1.24 bits per heavy atom.